The van der Waals surface area contributed by atoms with Gasteiger partial charge in [-0.3, -0.25) is 9.69 Å². The summed E-state index contributed by atoms with van der Waals surface area (Å²) in [5, 5.41) is 12.2. The van der Waals surface area contributed by atoms with Crippen LogP contribution in [0.4, 0.5) is 4.39 Å². The summed E-state index contributed by atoms with van der Waals surface area (Å²) in [7, 11) is 0. The number of ether oxygens (including phenoxy) is 1. The molecule has 2 heterocycles. The van der Waals surface area contributed by atoms with Gasteiger partial charge in [0.1, 0.15) is 10.8 Å². The smallest absolute Gasteiger partial charge is 0.282 e. The molecule has 1 saturated heterocycles. The van der Waals surface area contributed by atoms with Gasteiger partial charge in [0, 0.05) is 19.6 Å². The van der Waals surface area contributed by atoms with Crippen molar-refractivity contribution in [2.75, 3.05) is 13.1 Å². The van der Waals surface area contributed by atoms with Gasteiger partial charge < -0.3 is 10.1 Å². The van der Waals surface area contributed by atoms with Gasteiger partial charge in [0.25, 0.3) is 5.91 Å². The van der Waals surface area contributed by atoms with Crippen molar-refractivity contribution < 1.29 is 13.9 Å². The molecule has 3 aromatic rings. The summed E-state index contributed by atoms with van der Waals surface area (Å²) in [4.78, 5) is 14.7. The third-order valence-electron chi connectivity index (χ3n) is 4.89. The highest BCUT2D eigenvalue weighted by Crippen LogP contribution is 2.26. The molecule has 0 bridgehead atoms. The van der Waals surface area contributed by atoms with Crippen molar-refractivity contribution in [1.29, 1.82) is 0 Å². The van der Waals surface area contributed by atoms with Crippen molar-refractivity contribution in [3.05, 3.63) is 81.6 Å². The van der Waals surface area contributed by atoms with Crippen LogP contribution in [0.5, 0.6) is 0 Å². The Labute approximate surface area is 178 Å². The van der Waals surface area contributed by atoms with E-state index in [0.717, 1.165) is 29.2 Å². The van der Waals surface area contributed by atoms with E-state index in [4.69, 9.17) is 4.74 Å². The Hall–Kier alpha value is -2.68. The number of amides is 1. The number of nitrogens with zero attached hydrogens (tertiary/aromatic N) is 3. The molecule has 1 aliphatic heterocycles. The number of carbonyl (C=O) groups excluding carboxylic acids is 1. The molecule has 2 unspecified atom stereocenters. The molecule has 2 atom stereocenters. The number of hydrogen-bond acceptors (Lipinski definition) is 6. The van der Waals surface area contributed by atoms with Crippen molar-refractivity contribution in [1.82, 2.24) is 20.4 Å². The topological polar surface area (TPSA) is 67.4 Å². The molecule has 0 aliphatic carbocycles. The van der Waals surface area contributed by atoms with E-state index in [9.17, 15) is 9.18 Å². The van der Waals surface area contributed by atoms with Crippen LogP contribution in [-0.2, 0) is 17.8 Å². The van der Waals surface area contributed by atoms with E-state index in [0.29, 0.717) is 18.1 Å². The van der Waals surface area contributed by atoms with Gasteiger partial charge in [0.2, 0.25) is 5.01 Å². The van der Waals surface area contributed by atoms with E-state index in [-0.39, 0.29) is 23.9 Å². The number of carbonyl (C=O) groups is 1. The predicted molar refractivity (Wildman–Crippen MR) is 112 cm³/mol. The van der Waals surface area contributed by atoms with Crippen LogP contribution in [0.3, 0.4) is 0 Å². The maximum Gasteiger partial charge on any atom is 0.282 e. The number of benzene rings is 2. The molecule has 1 aromatic heterocycles. The van der Waals surface area contributed by atoms with Gasteiger partial charge in [-0.2, -0.15) is 0 Å². The fraction of sp³-hybridized carbons (Fsp3) is 0.318. The Kier molecular flexibility index (Phi) is 6.47. The highest BCUT2D eigenvalue weighted by atomic mass is 32.1. The van der Waals surface area contributed by atoms with Crippen LogP contribution in [0.2, 0.25) is 0 Å². The Bertz CT molecular complexity index is 980. The first kappa shape index (κ1) is 20.6. The zero-order valence-electron chi connectivity index (χ0n) is 16.6. The maximum absolute atomic E-state index is 13.0. The standard InChI is InChI=1S/C22H23FN4O2S/c1-15-12-27(13-19(29-15)17-5-3-2-4-6-17)14-20-25-26-22(30-20)21(28)24-11-16-7-9-18(23)10-8-16/h2-10,15,19H,11-14H2,1H3,(H,24,28). The molecule has 4 rings (SSSR count). The zero-order valence-corrected chi connectivity index (χ0v) is 17.4. The molecule has 8 heteroatoms. The summed E-state index contributed by atoms with van der Waals surface area (Å²) in [6, 6.07) is 16.2. The van der Waals surface area contributed by atoms with E-state index in [2.05, 4.69) is 39.5 Å². The minimum Gasteiger partial charge on any atom is -0.368 e. The monoisotopic (exact) mass is 426 g/mol. The Morgan fingerprint density at radius 1 is 1.17 bits per heavy atom. The van der Waals surface area contributed by atoms with E-state index in [1.165, 1.54) is 23.5 Å². The highest BCUT2D eigenvalue weighted by Gasteiger charge is 2.27. The molecular weight excluding hydrogens is 403 g/mol. The average Bonchev–Trinajstić information content (AvgIpc) is 3.22. The first-order valence-corrected chi connectivity index (χ1v) is 10.7. The minimum atomic E-state index is -0.300. The van der Waals surface area contributed by atoms with E-state index >= 15 is 0 Å². The van der Waals surface area contributed by atoms with E-state index in [1.807, 2.05) is 18.2 Å². The summed E-state index contributed by atoms with van der Waals surface area (Å²) in [5.74, 6) is -0.577. The van der Waals surface area contributed by atoms with Crippen LogP contribution >= 0.6 is 11.3 Å². The van der Waals surface area contributed by atoms with Gasteiger partial charge in [-0.1, -0.05) is 53.8 Å². The molecule has 2 aromatic carbocycles. The lowest BCUT2D eigenvalue weighted by Gasteiger charge is -2.36. The SMILES string of the molecule is CC1CN(Cc2nnc(C(=O)NCc3ccc(F)cc3)s2)CC(c2ccccc2)O1. The molecular formula is C22H23FN4O2S. The fourth-order valence-corrected chi connectivity index (χ4v) is 4.28. The lowest BCUT2D eigenvalue weighted by Crippen LogP contribution is -2.42. The van der Waals surface area contributed by atoms with Gasteiger partial charge in [0.15, 0.2) is 0 Å². The number of halogens is 1. The van der Waals surface area contributed by atoms with Gasteiger partial charge in [-0.05, 0) is 30.2 Å². The van der Waals surface area contributed by atoms with E-state index in [1.54, 1.807) is 12.1 Å². The number of rotatable bonds is 6. The summed E-state index contributed by atoms with van der Waals surface area (Å²) in [5.41, 5.74) is 1.98. The molecule has 156 valence electrons. The number of hydrogen-bond donors (Lipinski definition) is 1. The number of nitrogens with one attached hydrogen (secondary N) is 1. The lowest BCUT2D eigenvalue weighted by molar-refractivity contribution is -0.0814. The normalized spacial score (nSPS) is 19.5. The van der Waals surface area contributed by atoms with Crippen molar-refractivity contribution in [3.63, 3.8) is 0 Å². The molecule has 1 amide bonds. The summed E-state index contributed by atoms with van der Waals surface area (Å²) >= 11 is 1.29. The van der Waals surface area contributed by atoms with Crippen LogP contribution in [0.25, 0.3) is 0 Å². The summed E-state index contributed by atoms with van der Waals surface area (Å²) in [6.07, 6.45) is 0.122. The van der Waals surface area contributed by atoms with Gasteiger partial charge in [-0.25, -0.2) is 4.39 Å². The lowest BCUT2D eigenvalue weighted by atomic mass is 10.1. The molecule has 30 heavy (non-hydrogen) atoms. The summed E-state index contributed by atoms with van der Waals surface area (Å²) < 4.78 is 19.1. The average molecular weight is 427 g/mol. The molecule has 6 nitrogen and oxygen atoms in total. The third kappa shape index (κ3) is 5.27. The molecule has 0 radical (unpaired) electrons. The quantitative estimate of drug-likeness (QED) is 0.653. The Morgan fingerprint density at radius 3 is 2.70 bits per heavy atom. The largest absolute Gasteiger partial charge is 0.368 e. The van der Waals surface area contributed by atoms with Crippen LogP contribution in [0.1, 0.15) is 39.0 Å². The molecule has 1 aliphatic rings. The highest BCUT2D eigenvalue weighted by molar-refractivity contribution is 7.13. The fourth-order valence-electron chi connectivity index (χ4n) is 3.48. The summed E-state index contributed by atoms with van der Waals surface area (Å²) in [6.45, 7) is 4.57. The zero-order chi connectivity index (χ0) is 20.9. The van der Waals surface area contributed by atoms with Crippen LogP contribution < -0.4 is 5.32 Å². The molecule has 0 spiro atoms. The molecule has 1 fully saturated rings. The number of aromatic nitrogens is 2. The van der Waals surface area contributed by atoms with E-state index < -0.39 is 0 Å². The maximum atomic E-state index is 13.0. The van der Waals surface area contributed by atoms with Crippen LogP contribution in [0, 0.1) is 5.82 Å². The minimum absolute atomic E-state index is 0.0151. The van der Waals surface area contributed by atoms with Gasteiger partial charge >= 0.3 is 0 Å². The Morgan fingerprint density at radius 2 is 1.93 bits per heavy atom. The first-order valence-electron chi connectivity index (χ1n) is 9.84. The Balaban J connectivity index is 1.34. The van der Waals surface area contributed by atoms with Crippen LogP contribution in [0.15, 0.2) is 54.6 Å². The second-order valence-corrected chi connectivity index (χ2v) is 8.41. The molecule has 1 N–H and O–H groups in total. The van der Waals surface area contributed by atoms with Crippen molar-refractivity contribution in [3.8, 4) is 0 Å². The third-order valence-corrected chi connectivity index (χ3v) is 5.80. The molecule has 0 saturated carbocycles. The van der Waals surface area contributed by atoms with Crippen LogP contribution in [-0.4, -0.2) is 40.2 Å². The first-order chi connectivity index (χ1) is 14.6. The van der Waals surface area contributed by atoms with Crippen molar-refractivity contribution in [2.45, 2.75) is 32.2 Å². The second-order valence-electron chi connectivity index (χ2n) is 7.35. The van der Waals surface area contributed by atoms with Crippen molar-refractivity contribution >= 4 is 17.2 Å². The number of morpholine rings is 1. The van der Waals surface area contributed by atoms with Gasteiger partial charge in [0.05, 0.1) is 18.8 Å². The van der Waals surface area contributed by atoms with Crippen molar-refractivity contribution in [2.24, 2.45) is 0 Å². The van der Waals surface area contributed by atoms with Gasteiger partial charge in [-0.15, -0.1) is 10.2 Å². The second kappa shape index (κ2) is 9.42. The predicted octanol–water partition coefficient (Wildman–Crippen LogP) is 3.57.